The van der Waals surface area contributed by atoms with Crippen LogP contribution in [-0.2, 0) is 24.7 Å². The third kappa shape index (κ3) is 5.25. The number of rotatable bonds is 6. The van der Waals surface area contributed by atoms with Gasteiger partial charge < -0.3 is 4.90 Å². The van der Waals surface area contributed by atoms with Crippen LogP contribution in [-0.4, -0.2) is 41.3 Å². The first-order valence-corrected chi connectivity index (χ1v) is 14.4. The van der Waals surface area contributed by atoms with Crippen molar-refractivity contribution in [1.29, 1.82) is 0 Å². The van der Waals surface area contributed by atoms with Gasteiger partial charge in [-0.3, -0.25) is 4.79 Å². The van der Waals surface area contributed by atoms with Crippen molar-refractivity contribution in [2.45, 2.75) is 28.4 Å². The minimum absolute atomic E-state index is 0.168. The van der Waals surface area contributed by atoms with E-state index in [1.807, 2.05) is 4.72 Å². The second kappa shape index (κ2) is 9.34. The summed E-state index contributed by atoms with van der Waals surface area (Å²) in [6, 6.07) is 18.1. The van der Waals surface area contributed by atoms with Gasteiger partial charge in [0.2, 0.25) is 10.0 Å². The summed E-state index contributed by atoms with van der Waals surface area (Å²) in [6.45, 7) is 0.201. The Hall–Kier alpha value is -2.79. The second-order valence-corrected chi connectivity index (χ2v) is 12.3. The van der Waals surface area contributed by atoms with Gasteiger partial charge in [0.25, 0.3) is 11.7 Å². The second-order valence-electron chi connectivity index (χ2n) is 8.24. The van der Waals surface area contributed by atoms with Gasteiger partial charge in [-0.25, -0.2) is 21.2 Å². The number of carbonyl (C=O) groups excluding carboxylic acids is 1. The number of anilines is 1. The van der Waals surface area contributed by atoms with Crippen LogP contribution in [0.15, 0.2) is 82.6 Å². The zero-order valence-electron chi connectivity index (χ0n) is 18.6. The number of hydrogen-bond donors (Lipinski definition) is 1. The molecule has 3 aromatic carbocycles. The Morgan fingerprint density at radius 3 is 2.20 bits per heavy atom. The van der Waals surface area contributed by atoms with Crippen molar-refractivity contribution in [1.82, 2.24) is 4.72 Å². The van der Waals surface area contributed by atoms with Gasteiger partial charge in [-0.15, -0.1) is 0 Å². The number of hydrogen-bond acceptors (Lipinski definition) is 5. The molecule has 0 saturated carbocycles. The van der Waals surface area contributed by atoms with Crippen LogP contribution in [0.25, 0.3) is 11.1 Å². The number of alkyl halides is 1. The molecule has 1 aliphatic heterocycles. The summed E-state index contributed by atoms with van der Waals surface area (Å²) in [6.07, 6.45) is 1.04. The molecule has 1 fully saturated rings. The lowest BCUT2D eigenvalue weighted by Crippen LogP contribution is -2.60. The summed E-state index contributed by atoms with van der Waals surface area (Å²) in [5, 5.41) is 0.321. The van der Waals surface area contributed by atoms with E-state index in [-0.39, 0.29) is 29.2 Å². The number of halogens is 2. The molecule has 0 aromatic heterocycles. The standard InChI is InChI=1S/C24H22ClFN2O5S2/c1-34(30,31)22-6-3-2-5-21(22)17-7-11-19(12-8-17)28-16-4-15-24(26,23(28)29)27-35(32,33)20-13-9-18(25)10-14-20/h2-3,5-14,27H,4,15-16H2,1H3. The minimum atomic E-state index is -4.32. The maximum Gasteiger partial charge on any atom is 0.280 e. The lowest BCUT2D eigenvalue weighted by atomic mass is 10.0. The van der Waals surface area contributed by atoms with E-state index in [1.54, 1.807) is 42.5 Å². The van der Waals surface area contributed by atoms with E-state index in [2.05, 4.69) is 0 Å². The molecule has 0 bridgehead atoms. The molecule has 1 aliphatic rings. The van der Waals surface area contributed by atoms with Gasteiger partial charge in [0, 0.05) is 35.5 Å². The van der Waals surface area contributed by atoms with Crippen molar-refractivity contribution < 1.29 is 26.0 Å². The summed E-state index contributed by atoms with van der Waals surface area (Å²) < 4.78 is 67.3. The van der Waals surface area contributed by atoms with Crippen LogP contribution in [0.5, 0.6) is 0 Å². The van der Waals surface area contributed by atoms with Crippen LogP contribution < -0.4 is 9.62 Å². The smallest absolute Gasteiger partial charge is 0.280 e. The predicted octanol–water partition coefficient (Wildman–Crippen LogP) is 4.18. The number of sulfonamides is 1. The molecule has 4 rings (SSSR count). The van der Waals surface area contributed by atoms with Gasteiger partial charge in [0.05, 0.1) is 9.79 Å². The van der Waals surface area contributed by atoms with Crippen LogP contribution >= 0.6 is 11.6 Å². The van der Waals surface area contributed by atoms with Gasteiger partial charge in [0.1, 0.15) is 0 Å². The van der Waals surface area contributed by atoms with Gasteiger partial charge >= 0.3 is 0 Å². The summed E-state index contributed by atoms with van der Waals surface area (Å²) in [4.78, 5) is 14.2. The highest BCUT2D eigenvalue weighted by atomic mass is 35.5. The Kier molecular flexibility index (Phi) is 6.76. The third-order valence-electron chi connectivity index (χ3n) is 5.68. The van der Waals surface area contributed by atoms with E-state index in [1.165, 1.54) is 35.2 Å². The highest BCUT2D eigenvalue weighted by Crippen LogP contribution is 2.33. The molecule has 1 amide bonds. The lowest BCUT2D eigenvalue weighted by molar-refractivity contribution is -0.133. The molecule has 1 atom stereocenters. The Bertz CT molecular complexity index is 1480. The number of piperidine rings is 1. The normalized spacial score (nSPS) is 19.1. The maximum atomic E-state index is 15.7. The average molecular weight is 537 g/mol. The highest BCUT2D eigenvalue weighted by Gasteiger charge is 2.48. The Balaban J connectivity index is 1.60. The van der Waals surface area contributed by atoms with Gasteiger partial charge in [-0.1, -0.05) is 41.9 Å². The van der Waals surface area contributed by atoms with Crippen molar-refractivity contribution >= 4 is 43.1 Å². The molecule has 0 aliphatic carbocycles. The fourth-order valence-electron chi connectivity index (χ4n) is 3.98. The van der Waals surface area contributed by atoms with Gasteiger partial charge in [-0.2, -0.15) is 4.72 Å². The molecule has 7 nitrogen and oxygen atoms in total. The van der Waals surface area contributed by atoms with Crippen LogP contribution in [0.4, 0.5) is 10.1 Å². The molecule has 1 saturated heterocycles. The monoisotopic (exact) mass is 536 g/mol. The van der Waals surface area contributed by atoms with Gasteiger partial charge in [0.15, 0.2) is 9.84 Å². The fraction of sp³-hybridized carbons (Fsp3) is 0.208. The van der Waals surface area contributed by atoms with Crippen molar-refractivity contribution in [3.63, 3.8) is 0 Å². The number of sulfone groups is 1. The number of benzene rings is 3. The van der Waals surface area contributed by atoms with Crippen molar-refractivity contribution in [3.8, 4) is 11.1 Å². The molecule has 11 heteroatoms. The predicted molar refractivity (Wildman–Crippen MR) is 132 cm³/mol. The lowest BCUT2D eigenvalue weighted by Gasteiger charge is -2.36. The summed E-state index contributed by atoms with van der Waals surface area (Å²) >= 11 is 5.79. The Labute approximate surface area is 208 Å². The number of amides is 1. The van der Waals surface area contributed by atoms with E-state index < -0.39 is 31.6 Å². The maximum absolute atomic E-state index is 15.7. The number of nitrogens with one attached hydrogen (secondary N) is 1. The van der Waals surface area contributed by atoms with Gasteiger partial charge in [-0.05, 0) is 54.4 Å². The first-order valence-electron chi connectivity index (χ1n) is 10.6. The van der Waals surface area contributed by atoms with Crippen molar-refractivity contribution in [3.05, 3.63) is 77.8 Å². The zero-order valence-corrected chi connectivity index (χ0v) is 21.0. The quantitative estimate of drug-likeness (QED) is 0.476. The molecular formula is C24H22ClFN2O5S2. The fourth-order valence-corrected chi connectivity index (χ4v) is 6.24. The molecule has 184 valence electrons. The van der Waals surface area contributed by atoms with E-state index in [4.69, 9.17) is 11.6 Å². The third-order valence-corrected chi connectivity index (χ3v) is 8.58. The molecule has 35 heavy (non-hydrogen) atoms. The topological polar surface area (TPSA) is 101 Å². The molecule has 0 radical (unpaired) electrons. The van der Waals surface area contributed by atoms with E-state index in [9.17, 15) is 21.6 Å². The van der Waals surface area contributed by atoms with Crippen LogP contribution in [0.1, 0.15) is 12.8 Å². The Morgan fingerprint density at radius 1 is 0.943 bits per heavy atom. The molecule has 0 spiro atoms. The molecule has 1 N–H and O–H groups in total. The average Bonchev–Trinajstić information content (AvgIpc) is 2.80. The first kappa shape index (κ1) is 25.3. The van der Waals surface area contributed by atoms with E-state index in [0.29, 0.717) is 21.8 Å². The van der Waals surface area contributed by atoms with Crippen molar-refractivity contribution in [2.75, 3.05) is 17.7 Å². The number of nitrogens with zero attached hydrogens (tertiary/aromatic N) is 1. The summed E-state index contributed by atoms with van der Waals surface area (Å²) in [7, 11) is -7.79. The summed E-state index contributed by atoms with van der Waals surface area (Å²) in [5.74, 6) is -3.84. The van der Waals surface area contributed by atoms with Crippen molar-refractivity contribution in [2.24, 2.45) is 0 Å². The van der Waals surface area contributed by atoms with Crippen LogP contribution in [0.3, 0.4) is 0 Å². The highest BCUT2D eigenvalue weighted by molar-refractivity contribution is 7.91. The van der Waals surface area contributed by atoms with Crippen LogP contribution in [0, 0.1) is 0 Å². The Morgan fingerprint density at radius 2 is 1.57 bits per heavy atom. The summed E-state index contributed by atoms with van der Waals surface area (Å²) in [5.41, 5.74) is 1.47. The first-order chi connectivity index (χ1) is 16.4. The minimum Gasteiger partial charge on any atom is -0.308 e. The zero-order chi connectivity index (χ0) is 25.4. The number of carbonyl (C=O) groups is 1. The molecule has 1 heterocycles. The van der Waals surface area contributed by atoms with Crippen LogP contribution in [0.2, 0.25) is 5.02 Å². The van der Waals surface area contributed by atoms with E-state index in [0.717, 1.165) is 6.26 Å². The largest absolute Gasteiger partial charge is 0.308 e. The SMILES string of the molecule is CS(=O)(=O)c1ccccc1-c1ccc(N2CCCC(F)(NS(=O)(=O)c3ccc(Cl)cc3)C2=O)cc1. The molecule has 3 aromatic rings. The molecule has 1 unspecified atom stereocenters. The van der Waals surface area contributed by atoms with E-state index >= 15 is 4.39 Å². The molecular weight excluding hydrogens is 515 g/mol.